The Balaban J connectivity index is 1.86. The number of carbonyl (C=O) groups excluding carboxylic acids is 4. The molecular weight excluding hydrogens is 492 g/mol. The number of ether oxygens (including phenoxy) is 1. The van der Waals surface area contributed by atoms with Crippen LogP contribution in [0, 0.1) is 6.92 Å². The lowest BCUT2D eigenvalue weighted by molar-refractivity contribution is -0.133. The second-order valence-corrected chi connectivity index (χ2v) is 10.1. The van der Waals surface area contributed by atoms with Gasteiger partial charge in [-0.25, -0.2) is 9.59 Å². The minimum absolute atomic E-state index is 0.00432. The van der Waals surface area contributed by atoms with E-state index in [0.717, 1.165) is 0 Å². The van der Waals surface area contributed by atoms with Crippen molar-refractivity contribution in [3.05, 3.63) is 80.3 Å². The maximum atomic E-state index is 13.2. The highest BCUT2D eigenvalue weighted by atomic mass is 16.6. The van der Waals surface area contributed by atoms with E-state index in [1.165, 1.54) is 45.8 Å². The number of hydrogen-bond donors (Lipinski definition) is 0. The van der Waals surface area contributed by atoms with Gasteiger partial charge in [-0.3, -0.25) is 23.7 Å². The molecule has 2 aromatic rings. The van der Waals surface area contributed by atoms with Crippen LogP contribution in [0.15, 0.2) is 57.9 Å². The van der Waals surface area contributed by atoms with Crippen LogP contribution in [0.4, 0.5) is 4.79 Å². The molecule has 202 valence electrons. The minimum Gasteiger partial charge on any atom is -0.444 e. The minimum atomic E-state index is -0.832. The second-order valence-electron chi connectivity index (χ2n) is 10.1. The van der Waals surface area contributed by atoms with Crippen molar-refractivity contribution in [2.45, 2.75) is 53.2 Å². The molecule has 11 nitrogen and oxygen atoms in total. The van der Waals surface area contributed by atoms with Crippen LogP contribution in [0.2, 0.25) is 0 Å². The normalized spacial score (nSPS) is 13.8. The predicted octanol–water partition coefficient (Wildman–Crippen LogP) is 1.95. The molecule has 1 aromatic heterocycles. The molecule has 0 bridgehead atoms. The summed E-state index contributed by atoms with van der Waals surface area (Å²) in [6.07, 6.45) is 1.91. The topological polar surface area (TPSA) is 128 Å². The molecule has 0 radical (unpaired) electrons. The molecule has 2 amide bonds. The molecule has 0 aliphatic carbocycles. The van der Waals surface area contributed by atoms with Crippen LogP contribution < -0.4 is 11.2 Å². The van der Waals surface area contributed by atoms with E-state index in [2.05, 4.69) is 0 Å². The molecule has 2 heterocycles. The van der Waals surface area contributed by atoms with Gasteiger partial charge in [0.25, 0.3) is 11.5 Å². The standard InChI is InChI=1S/C27H32N4O7/c1-18-16-29(22(33)15-21(18)32)13-11-28(26(37)38-27(3,4)5)12-14-30-17-19(2)23(34)31(25(30)36)24(35)20-9-7-6-8-10-20/h6-10,16-17H,11-15H2,1-5H3. The van der Waals surface area contributed by atoms with E-state index in [1.807, 2.05) is 0 Å². The summed E-state index contributed by atoms with van der Waals surface area (Å²) >= 11 is 0. The molecule has 0 fully saturated rings. The molecule has 1 aliphatic heterocycles. The van der Waals surface area contributed by atoms with Crippen molar-refractivity contribution in [2.24, 2.45) is 0 Å². The first-order chi connectivity index (χ1) is 17.8. The molecule has 11 heteroatoms. The van der Waals surface area contributed by atoms with Crippen LogP contribution in [-0.2, 0) is 20.9 Å². The van der Waals surface area contributed by atoms with Crippen molar-refractivity contribution >= 4 is 23.7 Å². The zero-order chi connectivity index (χ0) is 28.2. The lowest BCUT2D eigenvalue weighted by atomic mass is 10.1. The van der Waals surface area contributed by atoms with Gasteiger partial charge in [0.1, 0.15) is 5.60 Å². The molecule has 3 rings (SSSR count). The Bertz CT molecular complexity index is 1400. The second kappa shape index (κ2) is 11.4. The summed E-state index contributed by atoms with van der Waals surface area (Å²) in [6, 6.07) is 8.00. The smallest absolute Gasteiger partial charge is 0.410 e. The summed E-state index contributed by atoms with van der Waals surface area (Å²) in [5.74, 6) is -1.37. The number of aromatic nitrogens is 2. The zero-order valence-electron chi connectivity index (χ0n) is 22.2. The van der Waals surface area contributed by atoms with Gasteiger partial charge in [0.15, 0.2) is 5.78 Å². The number of carbonyl (C=O) groups is 4. The lowest BCUT2D eigenvalue weighted by Crippen LogP contribution is -2.47. The van der Waals surface area contributed by atoms with E-state index in [9.17, 15) is 28.8 Å². The average Bonchev–Trinajstić information content (AvgIpc) is 2.84. The van der Waals surface area contributed by atoms with Gasteiger partial charge >= 0.3 is 11.8 Å². The summed E-state index contributed by atoms with van der Waals surface area (Å²) < 4.78 is 7.28. The fourth-order valence-electron chi connectivity index (χ4n) is 3.81. The fourth-order valence-corrected chi connectivity index (χ4v) is 3.81. The lowest BCUT2D eigenvalue weighted by Gasteiger charge is -2.30. The van der Waals surface area contributed by atoms with Gasteiger partial charge in [0.05, 0.1) is 6.42 Å². The van der Waals surface area contributed by atoms with Crippen molar-refractivity contribution in [1.29, 1.82) is 0 Å². The van der Waals surface area contributed by atoms with Gasteiger partial charge in [-0.15, -0.1) is 0 Å². The van der Waals surface area contributed by atoms with Gasteiger partial charge in [-0.05, 0) is 46.8 Å². The quantitative estimate of drug-likeness (QED) is 0.507. The molecule has 0 unspecified atom stereocenters. The van der Waals surface area contributed by atoms with Crippen molar-refractivity contribution in [3.8, 4) is 0 Å². The highest BCUT2D eigenvalue weighted by Crippen LogP contribution is 2.14. The Morgan fingerprint density at radius 2 is 1.61 bits per heavy atom. The molecule has 38 heavy (non-hydrogen) atoms. The third kappa shape index (κ3) is 6.72. The number of benzene rings is 1. The first kappa shape index (κ1) is 28.3. The fraction of sp³-hybridized carbons (Fsp3) is 0.407. The van der Waals surface area contributed by atoms with Crippen LogP contribution >= 0.6 is 0 Å². The summed E-state index contributed by atoms with van der Waals surface area (Å²) in [5.41, 5.74) is -1.52. The molecule has 0 saturated heterocycles. The number of ketones is 1. The molecule has 0 atom stereocenters. The summed E-state index contributed by atoms with van der Waals surface area (Å²) in [4.78, 5) is 78.5. The predicted molar refractivity (Wildman–Crippen MR) is 139 cm³/mol. The number of aryl methyl sites for hydroxylation is 1. The molecule has 1 aromatic carbocycles. The van der Waals surface area contributed by atoms with E-state index >= 15 is 0 Å². The van der Waals surface area contributed by atoms with E-state index in [4.69, 9.17) is 4.74 Å². The maximum Gasteiger partial charge on any atom is 0.410 e. The number of Topliss-reactive ketones (excluding diaryl/α,β-unsaturated/α-hetero) is 1. The number of nitrogens with zero attached hydrogens (tertiary/aromatic N) is 4. The van der Waals surface area contributed by atoms with Gasteiger partial charge in [-0.1, -0.05) is 18.2 Å². The van der Waals surface area contributed by atoms with E-state index in [0.29, 0.717) is 10.1 Å². The van der Waals surface area contributed by atoms with Gasteiger partial charge < -0.3 is 14.5 Å². The first-order valence-corrected chi connectivity index (χ1v) is 12.2. The Morgan fingerprint density at radius 1 is 0.974 bits per heavy atom. The van der Waals surface area contributed by atoms with Crippen molar-refractivity contribution in [2.75, 3.05) is 19.6 Å². The summed E-state index contributed by atoms with van der Waals surface area (Å²) in [7, 11) is 0. The highest BCUT2D eigenvalue weighted by Gasteiger charge is 2.27. The van der Waals surface area contributed by atoms with Gasteiger partial charge in [0, 0.05) is 55.3 Å². The molecule has 0 N–H and O–H groups in total. The monoisotopic (exact) mass is 524 g/mol. The Morgan fingerprint density at radius 3 is 2.24 bits per heavy atom. The average molecular weight is 525 g/mol. The highest BCUT2D eigenvalue weighted by molar-refractivity contribution is 6.09. The number of hydrogen-bond acceptors (Lipinski definition) is 7. The van der Waals surface area contributed by atoms with Gasteiger partial charge in [0.2, 0.25) is 5.91 Å². The van der Waals surface area contributed by atoms with E-state index in [-0.39, 0.29) is 55.4 Å². The Hall–Kier alpha value is -4.28. The number of amides is 2. The van der Waals surface area contributed by atoms with Crippen LogP contribution in [0.25, 0.3) is 0 Å². The Labute approximate surface area is 219 Å². The molecule has 0 saturated carbocycles. The summed E-state index contributed by atoms with van der Waals surface area (Å²) in [6.45, 7) is 8.40. The molecule has 0 spiro atoms. The van der Waals surface area contributed by atoms with Crippen molar-refractivity contribution < 1.29 is 23.9 Å². The first-order valence-electron chi connectivity index (χ1n) is 12.2. The SMILES string of the molecule is CC1=CN(CCN(CCn2cc(C)c(=O)n(C(=O)c3ccccc3)c2=O)C(=O)OC(C)(C)C)C(=O)CC1=O. The molecule has 1 aliphatic rings. The van der Waals surface area contributed by atoms with Crippen LogP contribution in [-0.4, -0.2) is 67.9 Å². The van der Waals surface area contributed by atoms with Crippen LogP contribution in [0.5, 0.6) is 0 Å². The summed E-state index contributed by atoms with van der Waals surface area (Å²) in [5, 5.41) is 0. The third-order valence-corrected chi connectivity index (χ3v) is 5.85. The largest absolute Gasteiger partial charge is 0.444 e. The van der Waals surface area contributed by atoms with Crippen molar-refractivity contribution in [3.63, 3.8) is 0 Å². The number of rotatable bonds is 7. The number of allylic oxidation sites excluding steroid dienone is 1. The van der Waals surface area contributed by atoms with Crippen molar-refractivity contribution in [1.82, 2.24) is 18.9 Å². The van der Waals surface area contributed by atoms with Crippen LogP contribution in [0.1, 0.15) is 50.0 Å². The van der Waals surface area contributed by atoms with E-state index in [1.54, 1.807) is 45.9 Å². The Kier molecular flexibility index (Phi) is 8.49. The zero-order valence-corrected chi connectivity index (χ0v) is 22.2. The molecular formula is C27H32N4O7. The van der Waals surface area contributed by atoms with E-state index < -0.39 is 28.9 Å². The van der Waals surface area contributed by atoms with Gasteiger partial charge in [-0.2, -0.15) is 4.57 Å². The maximum absolute atomic E-state index is 13.2. The third-order valence-electron chi connectivity index (χ3n) is 5.85. The van der Waals surface area contributed by atoms with Crippen LogP contribution in [0.3, 0.4) is 0 Å².